The highest BCUT2D eigenvalue weighted by Gasteiger charge is 2.16. The van der Waals surface area contributed by atoms with E-state index in [2.05, 4.69) is 0 Å². The molecule has 0 atom stereocenters. The van der Waals surface area contributed by atoms with Gasteiger partial charge in [0.15, 0.2) is 0 Å². The molecule has 11 heavy (non-hydrogen) atoms. The lowest BCUT2D eigenvalue weighted by molar-refractivity contribution is -0.134. The van der Waals surface area contributed by atoms with Gasteiger partial charge in [-0.15, -0.1) is 0 Å². The number of esters is 1. The molecule has 1 aliphatic rings. The molecule has 0 amide bonds. The van der Waals surface area contributed by atoms with E-state index in [0.29, 0.717) is 11.3 Å². The summed E-state index contributed by atoms with van der Waals surface area (Å²) in [6.07, 6.45) is 0.166. The molecule has 1 aromatic carbocycles. The minimum absolute atomic E-state index is 0.158. The molecule has 56 valence electrons. The zero-order valence-electron chi connectivity index (χ0n) is 5.70. The zero-order valence-corrected chi connectivity index (χ0v) is 5.70. The van der Waals surface area contributed by atoms with E-state index >= 15 is 0 Å². The van der Waals surface area contributed by atoms with Gasteiger partial charge in [-0.3, -0.25) is 4.79 Å². The number of aromatic hydroxyl groups is 1. The van der Waals surface area contributed by atoms with Crippen molar-refractivity contribution in [1.29, 1.82) is 0 Å². The third-order valence-corrected chi connectivity index (χ3v) is 1.62. The van der Waals surface area contributed by atoms with Crippen molar-refractivity contribution in [3.05, 3.63) is 23.8 Å². The van der Waals surface area contributed by atoms with Crippen LogP contribution in [0, 0.1) is 0 Å². The van der Waals surface area contributed by atoms with Crippen LogP contribution in [-0.2, 0) is 11.2 Å². The Morgan fingerprint density at radius 2 is 2.27 bits per heavy atom. The van der Waals surface area contributed by atoms with Gasteiger partial charge >= 0.3 is 5.97 Å². The van der Waals surface area contributed by atoms with Gasteiger partial charge in [-0.1, -0.05) is 0 Å². The Morgan fingerprint density at radius 3 is 3.09 bits per heavy atom. The van der Waals surface area contributed by atoms with Crippen LogP contribution >= 0.6 is 0 Å². The van der Waals surface area contributed by atoms with Gasteiger partial charge in [0.2, 0.25) is 0 Å². The van der Waals surface area contributed by atoms with Crippen LogP contribution in [0.4, 0.5) is 0 Å². The molecule has 3 heteroatoms. The summed E-state index contributed by atoms with van der Waals surface area (Å²) in [5, 5.41) is 9.18. The molecule has 0 saturated heterocycles. The third kappa shape index (κ3) is 0.941. The van der Waals surface area contributed by atoms with E-state index in [1.165, 1.54) is 6.07 Å². The number of hydrogen-bond acceptors (Lipinski definition) is 3. The molecule has 1 N–H and O–H groups in total. The van der Waals surface area contributed by atoms with E-state index in [1.807, 2.05) is 0 Å². The highest BCUT2D eigenvalue weighted by Crippen LogP contribution is 2.27. The van der Waals surface area contributed by atoms with Gasteiger partial charge in [0.05, 0.1) is 6.42 Å². The van der Waals surface area contributed by atoms with Crippen molar-refractivity contribution in [3.63, 3.8) is 0 Å². The summed E-state index contributed by atoms with van der Waals surface area (Å²) >= 11 is 0. The van der Waals surface area contributed by atoms with Gasteiger partial charge in [0, 0.05) is 5.56 Å². The van der Waals surface area contributed by atoms with Crippen LogP contribution in [0.1, 0.15) is 5.56 Å². The van der Waals surface area contributed by atoms with Crippen molar-refractivity contribution in [2.24, 2.45) is 0 Å². The molecule has 0 spiro atoms. The maximum absolute atomic E-state index is 10.8. The second-order valence-electron chi connectivity index (χ2n) is 2.44. The zero-order chi connectivity index (χ0) is 7.84. The number of hydrogen-bond donors (Lipinski definition) is 1. The van der Waals surface area contributed by atoms with E-state index in [4.69, 9.17) is 4.74 Å². The maximum atomic E-state index is 10.8. The molecule has 0 aromatic heterocycles. The van der Waals surface area contributed by atoms with E-state index in [1.54, 1.807) is 12.1 Å². The molecule has 0 fully saturated rings. The number of phenols is 1. The van der Waals surface area contributed by atoms with Gasteiger partial charge in [-0.25, -0.2) is 0 Å². The largest absolute Gasteiger partial charge is 0.508 e. The summed E-state index contributed by atoms with van der Waals surface area (Å²) < 4.78 is 4.80. The molecular formula is C8H6O3. The standard InChI is InChI=1S/C8H6O3/c9-7-2-1-6-3-5(7)4-8(10)11-6/h1-3,9H,4H2. The first kappa shape index (κ1) is 6.22. The van der Waals surface area contributed by atoms with Crippen LogP contribution in [0.3, 0.4) is 0 Å². The number of benzene rings is 1. The molecule has 2 rings (SSSR count). The number of carbonyl (C=O) groups is 1. The monoisotopic (exact) mass is 150 g/mol. The van der Waals surface area contributed by atoms with Crippen LogP contribution in [0.15, 0.2) is 18.2 Å². The predicted octanol–water partition coefficient (Wildman–Crippen LogP) is 0.854. The highest BCUT2D eigenvalue weighted by molar-refractivity contribution is 5.78. The van der Waals surface area contributed by atoms with Crippen molar-refractivity contribution in [2.45, 2.75) is 6.42 Å². The van der Waals surface area contributed by atoms with Crippen LogP contribution < -0.4 is 4.74 Å². The number of rotatable bonds is 0. The lowest BCUT2D eigenvalue weighted by Gasteiger charge is -2.12. The molecular weight excluding hydrogens is 144 g/mol. The Morgan fingerprint density at radius 1 is 1.45 bits per heavy atom. The molecule has 0 unspecified atom stereocenters. The van der Waals surface area contributed by atoms with Crippen LogP contribution in [0.25, 0.3) is 0 Å². The second-order valence-corrected chi connectivity index (χ2v) is 2.44. The van der Waals surface area contributed by atoms with Crippen molar-refractivity contribution in [3.8, 4) is 11.5 Å². The van der Waals surface area contributed by atoms with Gasteiger partial charge in [-0.05, 0) is 18.2 Å². The minimum atomic E-state index is -0.312. The Kier molecular flexibility index (Phi) is 1.12. The first-order valence-corrected chi connectivity index (χ1v) is 3.28. The fourth-order valence-electron chi connectivity index (χ4n) is 1.09. The Balaban J connectivity index is 2.56. The first-order chi connectivity index (χ1) is 5.25. The van der Waals surface area contributed by atoms with Gasteiger partial charge in [0.1, 0.15) is 11.5 Å². The SMILES string of the molecule is O=C1Cc2cc(ccc2O)O1. The van der Waals surface area contributed by atoms with E-state index in [0.717, 1.165) is 0 Å². The molecule has 1 aliphatic heterocycles. The number of phenolic OH excluding ortho intramolecular Hbond substituents is 1. The lowest BCUT2D eigenvalue weighted by atomic mass is 10.1. The average Bonchev–Trinajstić information content (AvgIpc) is 1.97. The predicted molar refractivity (Wildman–Crippen MR) is 37.4 cm³/mol. The van der Waals surface area contributed by atoms with Crippen molar-refractivity contribution in [2.75, 3.05) is 0 Å². The normalized spacial score (nSPS) is 14.4. The molecule has 0 aliphatic carbocycles. The van der Waals surface area contributed by atoms with E-state index in [9.17, 15) is 9.90 Å². The van der Waals surface area contributed by atoms with Gasteiger partial charge in [0.25, 0.3) is 0 Å². The van der Waals surface area contributed by atoms with Gasteiger partial charge in [-0.2, -0.15) is 0 Å². The summed E-state index contributed by atoms with van der Waals surface area (Å²) in [5.74, 6) is 0.354. The summed E-state index contributed by atoms with van der Waals surface area (Å²) in [7, 11) is 0. The molecule has 1 aromatic rings. The molecule has 0 saturated carbocycles. The second kappa shape index (κ2) is 1.99. The fourth-order valence-corrected chi connectivity index (χ4v) is 1.09. The minimum Gasteiger partial charge on any atom is -0.508 e. The lowest BCUT2D eigenvalue weighted by Crippen LogP contribution is -2.15. The molecule has 1 heterocycles. The number of carbonyl (C=O) groups excluding carboxylic acids is 1. The first-order valence-electron chi connectivity index (χ1n) is 3.28. The number of fused-ring (bicyclic) bond motifs is 2. The maximum Gasteiger partial charge on any atom is 0.315 e. The van der Waals surface area contributed by atoms with Crippen LogP contribution in [-0.4, -0.2) is 11.1 Å². The average molecular weight is 150 g/mol. The Bertz CT molecular complexity index is 317. The van der Waals surface area contributed by atoms with Crippen molar-refractivity contribution < 1.29 is 14.6 Å². The Hall–Kier alpha value is -1.51. The van der Waals surface area contributed by atoms with E-state index in [-0.39, 0.29) is 18.1 Å². The van der Waals surface area contributed by atoms with Gasteiger partial charge < -0.3 is 9.84 Å². The smallest absolute Gasteiger partial charge is 0.315 e. The van der Waals surface area contributed by atoms with Crippen LogP contribution in [0.2, 0.25) is 0 Å². The van der Waals surface area contributed by atoms with Crippen LogP contribution in [0.5, 0.6) is 11.5 Å². The topological polar surface area (TPSA) is 46.5 Å². The Labute approximate surface area is 63.2 Å². The highest BCUT2D eigenvalue weighted by atomic mass is 16.5. The van der Waals surface area contributed by atoms with Crippen molar-refractivity contribution >= 4 is 5.97 Å². The van der Waals surface area contributed by atoms with E-state index < -0.39 is 0 Å². The fraction of sp³-hybridized carbons (Fsp3) is 0.125. The third-order valence-electron chi connectivity index (χ3n) is 1.62. The molecule has 0 radical (unpaired) electrons. The van der Waals surface area contributed by atoms with Crippen molar-refractivity contribution in [1.82, 2.24) is 0 Å². The summed E-state index contributed by atoms with van der Waals surface area (Å²) in [5.41, 5.74) is 0.638. The molecule has 3 nitrogen and oxygen atoms in total. The summed E-state index contributed by atoms with van der Waals surface area (Å²) in [4.78, 5) is 10.8. The number of ether oxygens (including phenoxy) is 1. The molecule has 2 bridgehead atoms. The summed E-state index contributed by atoms with van der Waals surface area (Å²) in [6.45, 7) is 0. The summed E-state index contributed by atoms with van der Waals surface area (Å²) in [6, 6.07) is 4.75. The quantitative estimate of drug-likeness (QED) is 0.440.